The molecule has 1 rings (SSSR count). The number of nitrogens with two attached hydrogens (primary N) is 1. The number of hydrogen-bond acceptors (Lipinski definition) is 3. The van der Waals surface area contributed by atoms with E-state index >= 15 is 0 Å². The Morgan fingerprint density at radius 2 is 1.94 bits per heavy atom. The fourth-order valence-corrected chi connectivity index (χ4v) is 1.32. The molecule has 0 saturated carbocycles. The summed E-state index contributed by atoms with van der Waals surface area (Å²) in [6.45, 7) is 0.646. The lowest BCUT2D eigenvalue weighted by molar-refractivity contribution is -0.325. The van der Waals surface area contributed by atoms with Gasteiger partial charge < -0.3 is 10.5 Å². The summed E-state index contributed by atoms with van der Waals surface area (Å²) in [4.78, 5) is 0. The topological polar surface area (TPSA) is 44.5 Å². The van der Waals surface area contributed by atoms with E-state index in [9.17, 15) is 17.6 Å². The number of alkyl halides is 3. The summed E-state index contributed by atoms with van der Waals surface area (Å²) in [5, 5.41) is 0. The van der Waals surface area contributed by atoms with Crippen LogP contribution < -0.4 is 10.5 Å². The first-order chi connectivity index (χ1) is 8.29. The molecule has 2 N–H and O–H groups in total. The molecular weight excluding hydrogens is 254 g/mol. The van der Waals surface area contributed by atoms with Crippen molar-refractivity contribution in [2.24, 2.45) is 5.73 Å². The zero-order valence-electron chi connectivity index (χ0n) is 9.63. The summed E-state index contributed by atoms with van der Waals surface area (Å²) in [6.07, 6.45) is -4.70. The van der Waals surface area contributed by atoms with Crippen LogP contribution in [0.15, 0.2) is 18.2 Å². The third-order valence-corrected chi connectivity index (χ3v) is 2.07. The molecule has 0 saturated heterocycles. The maximum atomic E-state index is 13.0. The molecule has 0 amide bonds. The Kier molecular flexibility index (Phi) is 4.92. The predicted octanol–water partition coefficient (Wildman–Crippen LogP) is 2.76. The van der Waals surface area contributed by atoms with Gasteiger partial charge in [0.2, 0.25) is 0 Å². The average molecular weight is 267 g/mol. The normalized spacial score (nSPS) is 13.4. The summed E-state index contributed by atoms with van der Waals surface area (Å²) in [7, 11) is 0. The standard InChI is InChI=1S/C11H13F4NO2/c1-7(16)9-3-2-8(12)6-10(9)17-4-5-18-11(13,14)15/h2-3,6-7H,4-5,16H2,1H3. The van der Waals surface area contributed by atoms with Crippen molar-refractivity contribution >= 4 is 0 Å². The van der Waals surface area contributed by atoms with Gasteiger partial charge in [-0.25, -0.2) is 4.39 Å². The predicted molar refractivity (Wildman–Crippen MR) is 56.5 cm³/mol. The van der Waals surface area contributed by atoms with E-state index in [1.807, 2.05) is 0 Å². The van der Waals surface area contributed by atoms with Crippen molar-refractivity contribution in [3.05, 3.63) is 29.6 Å². The van der Waals surface area contributed by atoms with Crippen LogP contribution >= 0.6 is 0 Å². The Hall–Kier alpha value is -1.34. The third kappa shape index (κ3) is 4.89. The third-order valence-electron chi connectivity index (χ3n) is 2.07. The Morgan fingerprint density at radius 1 is 1.28 bits per heavy atom. The monoisotopic (exact) mass is 267 g/mol. The number of halogens is 4. The van der Waals surface area contributed by atoms with Gasteiger partial charge in [-0.1, -0.05) is 6.07 Å². The van der Waals surface area contributed by atoms with Gasteiger partial charge in [0.15, 0.2) is 0 Å². The molecule has 102 valence electrons. The minimum Gasteiger partial charge on any atom is -0.491 e. The molecule has 1 aromatic rings. The van der Waals surface area contributed by atoms with Gasteiger partial charge in [0.1, 0.15) is 18.2 Å². The van der Waals surface area contributed by atoms with Crippen LogP contribution in [0.2, 0.25) is 0 Å². The zero-order valence-corrected chi connectivity index (χ0v) is 9.63. The van der Waals surface area contributed by atoms with Gasteiger partial charge in [0, 0.05) is 17.7 Å². The molecule has 0 radical (unpaired) electrons. The largest absolute Gasteiger partial charge is 0.522 e. The fourth-order valence-electron chi connectivity index (χ4n) is 1.32. The molecule has 3 nitrogen and oxygen atoms in total. The Bertz CT molecular complexity index is 393. The molecule has 1 aromatic carbocycles. The van der Waals surface area contributed by atoms with Crippen molar-refractivity contribution in [2.45, 2.75) is 19.3 Å². The van der Waals surface area contributed by atoms with Crippen molar-refractivity contribution in [2.75, 3.05) is 13.2 Å². The number of hydrogen-bond donors (Lipinski definition) is 1. The van der Waals surface area contributed by atoms with Gasteiger partial charge in [-0.05, 0) is 13.0 Å². The van der Waals surface area contributed by atoms with Crippen LogP contribution in [0.25, 0.3) is 0 Å². The maximum absolute atomic E-state index is 13.0. The summed E-state index contributed by atoms with van der Waals surface area (Å²) in [5.41, 5.74) is 6.14. The van der Waals surface area contributed by atoms with E-state index in [4.69, 9.17) is 10.5 Å². The van der Waals surface area contributed by atoms with Crippen molar-refractivity contribution < 1.29 is 27.0 Å². The summed E-state index contributed by atoms with van der Waals surface area (Å²) >= 11 is 0. The van der Waals surface area contributed by atoms with Crippen molar-refractivity contribution in [3.63, 3.8) is 0 Å². The summed E-state index contributed by atoms with van der Waals surface area (Å²) < 4.78 is 56.6. The molecule has 0 fully saturated rings. The highest BCUT2D eigenvalue weighted by atomic mass is 19.4. The average Bonchev–Trinajstić information content (AvgIpc) is 2.22. The minimum absolute atomic E-state index is 0.121. The Labute approximate surface area is 101 Å². The molecule has 1 atom stereocenters. The van der Waals surface area contributed by atoms with Crippen LogP contribution in [-0.2, 0) is 4.74 Å². The second kappa shape index (κ2) is 6.01. The number of benzene rings is 1. The first-order valence-electron chi connectivity index (χ1n) is 5.18. The first kappa shape index (κ1) is 14.7. The SMILES string of the molecule is CC(N)c1ccc(F)cc1OCCOC(F)(F)F. The maximum Gasteiger partial charge on any atom is 0.522 e. The van der Waals surface area contributed by atoms with E-state index in [0.717, 1.165) is 6.07 Å². The molecule has 0 spiro atoms. The lowest BCUT2D eigenvalue weighted by Gasteiger charge is -2.14. The lowest BCUT2D eigenvalue weighted by Crippen LogP contribution is -2.19. The highest BCUT2D eigenvalue weighted by Gasteiger charge is 2.28. The molecule has 0 aliphatic heterocycles. The van der Waals surface area contributed by atoms with Gasteiger partial charge in [-0.2, -0.15) is 0 Å². The van der Waals surface area contributed by atoms with E-state index in [1.165, 1.54) is 12.1 Å². The Morgan fingerprint density at radius 3 is 2.50 bits per heavy atom. The van der Waals surface area contributed by atoms with Crippen LogP contribution in [0.3, 0.4) is 0 Å². The van der Waals surface area contributed by atoms with Crippen LogP contribution in [0, 0.1) is 5.82 Å². The minimum atomic E-state index is -4.70. The molecule has 7 heteroatoms. The highest BCUT2D eigenvalue weighted by molar-refractivity contribution is 5.36. The number of rotatable bonds is 5. The smallest absolute Gasteiger partial charge is 0.491 e. The molecule has 18 heavy (non-hydrogen) atoms. The second-order valence-corrected chi connectivity index (χ2v) is 3.61. The number of ether oxygens (including phenoxy) is 2. The van der Waals surface area contributed by atoms with E-state index in [1.54, 1.807) is 6.92 Å². The van der Waals surface area contributed by atoms with Gasteiger partial charge in [-0.3, -0.25) is 4.74 Å². The zero-order chi connectivity index (χ0) is 13.8. The van der Waals surface area contributed by atoms with Gasteiger partial charge in [0.05, 0.1) is 6.61 Å². The van der Waals surface area contributed by atoms with E-state index in [2.05, 4.69) is 4.74 Å². The van der Waals surface area contributed by atoms with Crippen LogP contribution in [-0.4, -0.2) is 19.6 Å². The Balaban J connectivity index is 2.58. The summed E-state index contributed by atoms with van der Waals surface area (Å²) in [5.74, 6) is -0.429. The van der Waals surface area contributed by atoms with Gasteiger partial charge in [-0.15, -0.1) is 13.2 Å². The van der Waals surface area contributed by atoms with E-state index in [-0.39, 0.29) is 12.4 Å². The van der Waals surface area contributed by atoms with E-state index < -0.39 is 24.8 Å². The van der Waals surface area contributed by atoms with Gasteiger partial charge in [0.25, 0.3) is 0 Å². The molecular formula is C11H13F4NO2. The van der Waals surface area contributed by atoms with Crippen LogP contribution in [0.5, 0.6) is 5.75 Å². The molecule has 0 aromatic heterocycles. The molecule has 0 aliphatic carbocycles. The lowest BCUT2D eigenvalue weighted by atomic mass is 10.1. The van der Waals surface area contributed by atoms with E-state index in [0.29, 0.717) is 5.56 Å². The molecule has 0 aliphatic rings. The summed E-state index contributed by atoms with van der Waals surface area (Å²) in [6, 6.07) is 3.30. The van der Waals surface area contributed by atoms with Crippen LogP contribution in [0.4, 0.5) is 17.6 Å². The quantitative estimate of drug-likeness (QED) is 0.659. The molecule has 1 unspecified atom stereocenters. The van der Waals surface area contributed by atoms with Crippen molar-refractivity contribution in [3.8, 4) is 5.75 Å². The van der Waals surface area contributed by atoms with Crippen molar-refractivity contribution in [1.82, 2.24) is 0 Å². The highest BCUT2D eigenvalue weighted by Crippen LogP contribution is 2.25. The van der Waals surface area contributed by atoms with Crippen molar-refractivity contribution in [1.29, 1.82) is 0 Å². The van der Waals surface area contributed by atoms with Crippen LogP contribution in [0.1, 0.15) is 18.5 Å². The first-order valence-corrected chi connectivity index (χ1v) is 5.18. The van der Waals surface area contributed by atoms with Gasteiger partial charge >= 0.3 is 6.36 Å². The fraction of sp³-hybridized carbons (Fsp3) is 0.455. The second-order valence-electron chi connectivity index (χ2n) is 3.61. The molecule has 0 heterocycles. The molecule has 0 bridgehead atoms.